The average molecular weight is 255 g/mol. The first kappa shape index (κ1) is 13.6. The van der Waals surface area contributed by atoms with Gasteiger partial charge in [-0.2, -0.15) is 0 Å². The number of halogens is 1. The van der Waals surface area contributed by atoms with Crippen molar-refractivity contribution in [2.45, 2.75) is 20.8 Å². The summed E-state index contributed by atoms with van der Waals surface area (Å²) in [6, 6.07) is 1.81. The van der Waals surface area contributed by atoms with Gasteiger partial charge in [0.25, 0.3) is 0 Å². The fraction of sp³-hybridized carbons (Fsp3) is 0.308. The van der Waals surface area contributed by atoms with Gasteiger partial charge in [-0.3, -0.25) is 0 Å². The Morgan fingerprint density at radius 1 is 1.47 bits per heavy atom. The summed E-state index contributed by atoms with van der Waals surface area (Å²) >= 11 is 6.16. The van der Waals surface area contributed by atoms with E-state index in [1.54, 1.807) is 14.0 Å². The maximum absolute atomic E-state index is 10.7. The van der Waals surface area contributed by atoms with Crippen molar-refractivity contribution in [2.75, 3.05) is 7.11 Å². The van der Waals surface area contributed by atoms with E-state index in [-0.39, 0.29) is 0 Å². The Morgan fingerprint density at radius 3 is 2.53 bits per heavy atom. The summed E-state index contributed by atoms with van der Waals surface area (Å²) < 4.78 is 5.27. The quantitative estimate of drug-likeness (QED) is 0.841. The van der Waals surface area contributed by atoms with Gasteiger partial charge in [0.1, 0.15) is 5.75 Å². The topological polar surface area (TPSA) is 46.5 Å². The molecular weight excluding hydrogens is 240 g/mol. The van der Waals surface area contributed by atoms with Crippen LogP contribution >= 0.6 is 11.6 Å². The third-order valence-electron chi connectivity index (χ3n) is 2.60. The summed E-state index contributed by atoms with van der Waals surface area (Å²) in [5, 5.41) is 9.41. The molecule has 0 atom stereocenters. The zero-order valence-corrected chi connectivity index (χ0v) is 11.1. The van der Waals surface area contributed by atoms with Crippen molar-refractivity contribution in [2.24, 2.45) is 0 Å². The molecule has 0 aliphatic rings. The smallest absolute Gasteiger partial charge is 0.328 e. The first-order chi connectivity index (χ1) is 7.88. The lowest BCUT2D eigenvalue weighted by Crippen LogP contribution is -1.98. The van der Waals surface area contributed by atoms with Crippen LogP contribution in [-0.2, 0) is 4.79 Å². The van der Waals surface area contributed by atoms with Gasteiger partial charge < -0.3 is 9.84 Å². The molecule has 3 nitrogen and oxygen atoms in total. The number of hydrogen-bond acceptors (Lipinski definition) is 2. The van der Waals surface area contributed by atoms with Crippen LogP contribution < -0.4 is 4.74 Å². The zero-order valence-electron chi connectivity index (χ0n) is 10.3. The molecule has 0 bridgehead atoms. The van der Waals surface area contributed by atoms with Gasteiger partial charge in [-0.1, -0.05) is 11.6 Å². The number of ether oxygens (including phenoxy) is 1. The van der Waals surface area contributed by atoms with Crippen LogP contribution in [0.3, 0.4) is 0 Å². The second kappa shape index (κ2) is 5.23. The number of methoxy groups -OCH3 is 1. The number of carboxylic acid groups (broad SMARTS) is 1. The van der Waals surface area contributed by atoms with E-state index in [0.717, 1.165) is 22.8 Å². The molecule has 1 aromatic rings. The molecule has 0 unspecified atom stereocenters. The van der Waals surface area contributed by atoms with Gasteiger partial charge in [0.15, 0.2) is 0 Å². The van der Waals surface area contributed by atoms with Gasteiger partial charge in [0, 0.05) is 16.7 Å². The van der Waals surface area contributed by atoms with Crippen LogP contribution in [0.1, 0.15) is 23.6 Å². The molecule has 92 valence electrons. The Hall–Kier alpha value is -1.48. The summed E-state index contributed by atoms with van der Waals surface area (Å²) in [4.78, 5) is 10.7. The standard InChI is InChI=1S/C13H15ClO3/c1-7(6-11(15)16)12-9(3)13(14)8(2)5-10(12)17-4/h5-6H,1-4H3,(H,15,16)/b7-6+. The predicted molar refractivity (Wildman–Crippen MR) is 68.8 cm³/mol. The molecule has 1 rings (SSSR count). The lowest BCUT2D eigenvalue weighted by Gasteiger charge is -2.15. The molecule has 17 heavy (non-hydrogen) atoms. The molecule has 0 saturated carbocycles. The minimum atomic E-state index is -0.986. The zero-order chi connectivity index (χ0) is 13.2. The number of rotatable bonds is 3. The van der Waals surface area contributed by atoms with Gasteiger partial charge >= 0.3 is 5.97 Å². The van der Waals surface area contributed by atoms with Crippen LogP contribution in [0.5, 0.6) is 5.75 Å². The number of allylic oxidation sites excluding steroid dienone is 1. The first-order valence-electron chi connectivity index (χ1n) is 5.13. The van der Waals surface area contributed by atoms with Gasteiger partial charge in [0.05, 0.1) is 7.11 Å². The Morgan fingerprint density at radius 2 is 2.06 bits per heavy atom. The number of carbonyl (C=O) groups is 1. The van der Waals surface area contributed by atoms with E-state index in [4.69, 9.17) is 21.4 Å². The molecule has 0 aliphatic heterocycles. The average Bonchev–Trinajstić information content (AvgIpc) is 2.23. The van der Waals surface area contributed by atoms with Gasteiger partial charge in [-0.05, 0) is 43.5 Å². The van der Waals surface area contributed by atoms with Crippen molar-refractivity contribution in [1.82, 2.24) is 0 Å². The maximum atomic E-state index is 10.7. The van der Waals surface area contributed by atoms with Gasteiger partial charge in [-0.25, -0.2) is 4.79 Å². The summed E-state index contributed by atoms with van der Waals surface area (Å²) in [7, 11) is 1.56. The number of carboxylic acids is 1. The number of benzene rings is 1. The van der Waals surface area contributed by atoms with Crippen molar-refractivity contribution in [3.8, 4) is 5.75 Å². The largest absolute Gasteiger partial charge is 0.496 e. The normalized spacial score (nSPS) is 11.5. The third kappa shape index (κ3) is 2.80. The van der Waals surface area contributed by atoms with Crippen molar-refractivity contribution >= 4 is 23.1 Å². The molecule has 0 aliphatic carbocycles. The van der Waals surface area contributed by atoms with Crippen LogP contribution in [0.25, 0.3) is 5.57 Å². The molecule has 0 heterocycles. The number of aliphatic carboxylic acids is 1. The lowest BCUT2D eigenvalue weighted by molar-refractivity contribution is -0.131. The fourth-order valence-corrected chi connectivity index (χ4v) is 1.98. The third-order valence-corrected chi connectivity index (χ3v) is 3.18. The summed E-state index contributed by atoms with van der Waals surface area (Å²) in [6.45, 7) is 5.47. The molecule has 1 aromatic carbocycles. The monoisotopic (exact) mass is 254 g/mol. The fourth-order valence-electron chi connectivity index (χ4n) is 1.83. The molecule has 0 radical (unpaired) electrons. The van der Waals surface area contributed by atoms with Crippen LogP contribution in [-0.4, -0.2) is 18.2 Å². The van der Waals surface area contributed by atoms with E-state index in [2.05, 4.69) is 0 Å². The summed E-state index contributed by atoms with van der Waals surface area (Å²) in [5.41, 5.74) is 3.10. The highest BCUT2D eigenvalue weighted by molar-refractivity contribution is 6.32. The molecule has 0 aromatic heterocycles. The minimum absolute atomic E-state index is 0.619. The highest BCUT2D eigenvalue weighted by Crippen LogP contribution is 2.35. The maximum Gasteiger partial charge on any atom is 0.328 e. The van der Waals surface area contributed by atoms with E-state index in [9.17, 15) is 4.79 Å². The highest BCUT2D eigenvalue weighted by atomic mass is 35.5. The second-order valence-electron chi connectivity index (χ2n) is 3.88. The Kier molecular flexibility index (Phi) is 4.18. The van der Waals surface area contributed by atoms with E-state index in [1.807, 2.05) is 19.9 Å². The van der Waals surface area contributed by atoms with Crippen LogP contribution in [0.15, 0.2) is 12.1 Å². The van der Waals surface area contributed by atoms with Crippen LogP contribution in [0.4, 0.5) is 0 Å². The van der Waals surface area contributed by atoms with Crippen LogP contribution in [0, 0.1) is 13.8 Å². The molecule has 1 N–H and O–H groups in total. The lowest BCUT2D eigenvalue weighted by atomic mass is 9.98. The molecule has 0 spiro atoms. The first-order valence-corrected chi connectivity index (χ1v) is 5.51. The number of aryl methyl sites for hydroxylation is 1. The summed E-state index contributed by atoms with van der Waals surface area (Å²) in [5.74, 6) is -0.347. The van der Waals surface area contributed by atoms with Crippen molar-refractivity contribution in [3.05, 3.63) is 33.9 Å². The van der Waals surface area contributed by atoms with E-state index in [0.29, 0.717) is 16.3 Å². The Labute approximate surface area is 106 Å². The van der Waals surface area contributed by atoms with Crippen molar-refractivity contribution in [3.63, 3.8) is 0 Å². The highest BCUT2D eigenvalue weighted by Gasteiger charge is 2.14. The second-order valence-corrected chi connectivity index (χ2v) is 4.25. The molecule has 0 fully saturated rings. The molecule has 0 saturated heterocycles. The van der Waals surface area contributed by atoms with Gasteiger partial charge in [0.2, 0.25) is 0 Å². The predicted octanol–water partition coefficient (Wildman–Crippen LogP) is 3.45. The minimum Gasteiger partial charge on any atom is -0.496 e. The SMILES string of the molecule is COc1cc(C)c(Cl)c(C)c1/C(C)=C/C(=O)O. The number of hydrogen-bond donors (Lipinski definition) is 1. The molecule has 4 heteroatoms. The van der Waals surface area contributed by atoms with Crippen molar-refractivity contribution in [1.29, 1.82) is 0 Å². The van der Waals surface area contributed by atoms with E-state index < -0.39 is 5.97 Å². The van der Waals surface area contributed by atoms with E-state index in [1.165, 1.54) is 0 Å². The Balaban J connectivity index is 3.51. The van der Waals surface area contributed by atoms with Crippen LogP contribution in [0.2, 0.25) is 5.02 Å². The van der Waals surface area contributed by atoms with Gasteiger partial charge in [-0.15, -0.1) is 0 Å². The Bertz CT molecular complexity index is 490. The van der Waals surface area contributed by atoms with E-state index >= 15 is 0 Å². The molecular formula is C13H15ClO3. The van der Waals surface area contributed by atoms with Crippen molar-refractivity contribution < 1.29 is 14.6 Å². The summed E-state index contributed by atoms with van der Waals surface area (Å²) in [6.07, 6.45) is 1.15. The molecule has 0 amide bonds.